The fourth-order valence-corrected chi connectivity index (χ4v) is 8.43. The van der Waals surface area contributed by atoms with E-state index in [1.54, 1.807) is 88.4 Å². The molecule has 0 aliphatic heterocycles. The molecule has 0 spiro atoms. The van der Waals surface area contributed by atoms with E-state index in [4.69, 9.17) is 34.4 Å². The Balaban J connectivity index is 2.50. The van der Waals surface area contributed by atoms with E-state index >= 15 is 0 Å². The van der Waals surface area contributed by atoms with Crippen LogP contribution in [0.15, 0.2) is 65.7 Å². The number of aliphatic carboxylic acids is 1. The Kier molecular flexibility index (Phi) is 33.1. The fourth-order valence-electron chi connectivity index (χ4n) is 8.43. The summed E-state index contributed by atoms with van der Waals surface area (Å²) in [6, 6.07) is 5.51. The van der Waals surface area contributed by atoms with Gasteiger partial charge in [0.2, 0.25) is 47.3 Å². The van der Waals surface area contributed by atoms with Crippen LogP contribution in [0.1, 0.15) is 109 Å². The normalized spacial score (nSPS) is 14.5. The molecule has 26 nitrogen and oxygen atoms in total. The zero-order chi connectivity index (χ0) is 60.4. The smallest absolute Gasteiger partial charge is 0.326 e. The van der Waals surface area contributed by atoms with Gasteiger partial charge in [-0.1, -0.05) is 94.8 Å². The van der Waals surface area contributed by atoms with Crippen molar-refractivity contribution in [3.63, 3.8) is 0 Å². The number of carbonyl (C=O) groups excluding carboxylic acids is 8. The van der Waals surface area contributed by atoms with Gasteiger partial charge in [-0.25, -0.2) is 4.79 Å². The van der Waals surface area contributed by atoms with E-state index < -0.39 is 126 Å². The molecular weight excluding hydrogens is 1050 g/mol. The second-order valence-electron chi connectivity index (χ2n) is 20.6. The highest BCUT2D eigenvalue weighted by Gasteiger charge is 2.36. The largest absolute Gasteiger partial charge is 0.480 e. The molecule has 0 heterocycles. The number of carbonyl (C=O) groups is 9. The van der Waals surface area contributed by atoms with E-state index in [1.165, 1.54) is 0 Å². The number of carboxylic acids is 1. The number of amides is 8. The van der Waals surface area contributed by atoms with Crippen LogP contribution in [-0.4, -0.2) is 157 Å². The molecule has 0 aliphatic carbocycles. The summed E-state index contributed by atoms with van der Waals surface area (Å²) >= 11 is 0. The molecule has 0 aliphatic rings. The van der Waals surface area contributed by atoms with Gasteiger partial charge in [0.15, 0.2) is 5.96 Å². The van der Waals surface area contributed by atoms with Crippen LogP contribution in [0.3, 0.4) is 0 Å². The van der Waals surface area contributed by atoms with Crippen molar-refractivity contribution in [2.75, 3.05) is 32.8 Å². The van der Waals surface area contributed by atoms with Crippen LogP contribution in [0, 0.1) is 11.8 Å². The molecule has 0 saturated heterocycles. The van der Waals surface area contributed by atoms with Crippen LogP contribution in [0.25, 0.3) is 0 Å². The van der Waals surface area contributed by atoms with Gasteiger partial charge in [0, 0.05) is 19.4 Å². The summed E-state index contributed by atoms with van der Waals surface area (Å²) in [7, 11) is 0. The predicted octanol–water partition coefficient (Wildman–Crippen LogP) is -2.49. The van der Waals surface area contributed by atoms with Crippen molar-refractivity contribution in [2.24, 2.45) is 51.2 Å². The number of nitrogens with zero attached hydrogens (tertiary/aromatic N) is 1. The molecule has 0 radical (unpaired) electrons. The molecule has 2 aromatic carbocycles. The summed E-state index contributed by atoms with van der Waals surface area (Å²) in [5.41, 5.74) is 35.4. The van der Waals surface area contributed by atoms with E-state index in [-0.39, 0.29) is 57.6 Å². The maximum absolute atomic E-state index is 14.6. The van der Waals surface area contributed by atoms with Crippen LogP contribution in [0.5, 0.6) is 0 Å². The van der Waals surface area contributed by atoms with E-state index in [1.807, 2.05) is 0 Å². The van der Waals surface area contributed by atoms with Crippen molar-refractivity contribution in [3.05, 3.63) is 71.8 Å². The molecule has 9 unspecified atom stereocenters. The lowest BCUT2D eigenvalue weighted by molar-refractivity contribution is -0.143. The van der Waals surface area contributed by atoms with Crippen LogP contribution in [-0.2, 0) is 56.0 Å². The Morgan fingerprint density at radius 2 is 0.790 bits per heavy atom. The maximum Gasteiger partial charge on any atom is 0.326 e. The van der Waals surface area contributed by atoms with Gasteiger partial charge >= 0.3 is 5.97 Å². The number of nitrogens with two attached hydrogens (primary N) is 6. The average molecular weight is 1140 g/mol. The lowest BCUT2D eigenvalue weighted by Gasteiger charge is -2.28. The Hall–Kier alpha value is -7.26. The first kappa shape index (κ1) is 69.8. The molecule has 8 amide bonds. The number of hydrogen-bond donors (Lipinski definition) is 16. The highest BCUT2D eigenvalue weighted by molar-refractivity contribution is 5.98. The number of unbranched alkanes of at least 4 members (excludes halogenated alkanes) is 3. The average Bonchev–Trinajstić information content (AvgIpc) is 3.42. The molecule has 452 valence electrons. The van der Waals surface area contributed by atoms with Gasteiger partial charge in [0.1, 0.15) is 48.3 Å². The van der Waals surface area contributed by atoms with Crippen LogP contribution in [0.2, 0.25) is 0 Å². The van der Waals surface area contributed by atoms with Gasteiger partial charge in [-0.3, -0.25) is 43.3 Å². The van der Waals surface area contributed by atoms with Crippen LogP contribution < -0.4 is 76.9 Å². The third-order valence-corrected chi connectivity index (χ3v) is 13.2. The van der Waals surface area contributed by atoms with Gasteiger partial charge in [-0.2, -0.15) is 0 Å². The van der Waals surface area contributed by atoms with E-state index in [0.717, 1.165) is 0 Å². The Morgan fingerprint density at radius 3 is 1.19 bits per heavy atom. The standard InChI is InChI=1S/C55H91N15O11/c1-33(2)44(69-46(72)37(59)22-11-14-26-56)53(79)65-40(25-17-29-62-55(60)61)47(73)63-38(23-12-15-27-57)48(74)68-43(32-71)52(78)67-42(31-36-20-9-6-10-21-36)51(77)66-41(30-35-18-7-5-8-19-35)50(76)64-39(24-13-16-28-58)49(75)70-45(34(3)4)54(80)81/h5-10,18-21,33-34,37-45,71H,11-17,22-32,56-59H2,1-4H3,(H,63,73)(H,64,76)(H,65,79)(H,66,77)(H,67,78)(H,68,74)(H,69,72)(H,70,75)(H,80,81)(H4,60,61,62). The molecule has 26 heteroatoms. The molecule has 0 fully saturated rings. The zero-order valence-corrected chi connectivity index (χ0v) is 47.3. The van der Waals surface area contributed by atoms with Crippen molar-refractivity contribution in [1.29, 1.82) is 0 Å². The van der Waals surface area contributed by atoms with E-state index in [0.29, 0.717) is 69.2 Å². The van der Waals surface area contributed by atoms with E-state index in [2.05, 4.69) is 47.5 Å². The highest BCUT2D eigenvalue weighted by atomic mass is 16.4. The predicted molar refractivity (Wildman–Crippen MR) is 307 cm³/mol. The van der Waals surface area contributed by atoms with Gasteiger partial charge < -0.3 is 87.1 Å². The molecule has 2 rings (SSSR count). The molecule has 0 aromatic heterocycles. The summed E-state index contributed by atoms with van der Waals surface area (Å²) in [5.74, 6) is -8.83. The molecule has 2 aromatic rings. The van der Waals surface area contributed by atoms with Gasteiger partial charge in [0.25, 0.3) is 0 Å². The summed E-state index contributed by atoms with van der Waals surface area (Å²) in [6.45, 7) is 6.69. The third-order valence-electron chi connectivity index (χ3n) is 13.2. The summed E-state index contributed by atoms with van der Waals surface area (Å²) in [6.07, 6.45) is 3.23. The van der Waals surface area contributed by atoms with Crippen LogP contribution in [0.4, 0.5) is 0 Å². The van der Waals surface area contributed by atoms with Gasteiger partial charge in [-0.15, -0.1) is 0 Å². The number of benzene rings is 2. The van der Waals surface area contributed by atoms with Crippen molar-refractivity contribution in [1.82, 2.24) is 42.5 Å². The minimum Gasteiger partial charge on any atom is -0.480 e. The number of carboxylic acid groups (broad SMARTS) is 1. The molecular formula is C55H91N15O11. The maximum atomic E-state index is 14.6. The Bertz CT molecular complexity index is 2310. The lowest BCUT2D eigenvalue weighted by atomic mass is 10.0. The van der Waals surface area contributed by atoms with Crippen LogP contribution >= 0.6 is 0 Å². The molecule has 0 saturated carbocycles. The van der Waals surface area contributed by atoms with Crippen molar-refractivity contribution in [3.8, 4) is 0 Å². The topological polar surface area (TPSA) is 459 Å². The van der Waals surface area contributed by atoms with Crippen molar-refractivity contribution >= 4 is 59.2 Å². The molecule has 9 atom stereocenters. The summed E-state index contributed by atoms with van der Waals surface area (Å²) in [5, 5.41) is 41.5. The zero-order valence-electron chi connectivity index (χ0n) is 47.3. The van der Waals surface area contributed by atoms with Gasteiger partial charge in [-0.05, 0) is 107 Å². The van der Waals surface area contributed by atoms with E-state index in [9.17, 15) is 53.4 Å². The first-order valence-corrected chi connectivity index (χ1v) is 27.8. The highest BCUT2D eigenvalue weighted by Crippen LogP contribution is 2.13. The second kappa shape index (κ2) is 38.4. The number of hydrogen-bond acceptors (Lipinski definition) is 15. The quantitative estimate of drug-likeness (QED) is 0.0186. The minimum absolute atomic E-state index is 0.00671. The fraction of sp³-hybridized carbons (Fsp3) is 0.600. The monoisotopic (exact) mass is 1140 g/mol. The Morgan fingerprint density at radius 1 is 0.444 bits per heavy atom. The number of nitrogens with one attached hydrogen (secondary N) is 8. The molecule has 81 heavy (non-hydrogen) atoms. The SMILES string of the molecule is CC(C)C(NC(=O)C(CCCCN)NC(=O)C(Cc1ccccc1)NC(=O)C(Cc1ccccc1)NC(=O)C(CO)NC(=O)C(CCCCN)NC(=O)C(CCCN=C(N)N)NC(=O)C(NC(=O)C(N)CCCCN)C(C)C)C(=O)O. The third kappa shape index (κ3) is 26.7. The first-order chi connectivity index (χ1) is 38.6. The molecule has 0 bridgehead atoms. The van der Waals surface area contributed by atoms with Crippen molar-refractivity contribution in [2.45, 2.75) is 166 Å². The minimum atomic E-state index is -1.71. The lowest BCUT2D eigenvalue weighted by Crippen LogP contribution is -2.61. The number of aliphatic imine (C=N–C) groups is 1. The Labute approximate surface area is 475 Å². The summed E-state index contributed by atoms with van der Waals surface area (Å²) in [4.78, 5) is 128. The molecule has 22 N–H and O–H groups in total. The number of aliphatic hydroxyl groups is 1. The number of guanidine groups is 1. The second-order valence-corrected chi connectivity index (χ2v) is 20.6. The first-order valence-electron chi connectivity index (χ1n) is 27.8. The van der Waals surface area contributed by atoms with Gasteiger partial charge in [0.05, 0.1) is 12.6 Å². The number of rotatable bonds is 40. The van der Waals surface area contributed by atoms with Crippen molar-refractivity contribution < 1.29 is 53.4 Å². The summed E-state index contributed by atoms with van der Waals surface area (Å²) < 4.78 is 0. The number of aliphatic hydroxyl groups excluding tert-OH is 1.